The maximum absolute atomic E-state index is 5.70. The second kappa shape index (κ2) is 5.77. The molecule has 0 saturated carbocycles. The van der Waals surface area contributed by atoms with Crippen LogP contribution in [0.3, 0.4) is 0 Å². The minimum Gasteiger partial charge on any atom is -0.374 e. The summed E-state index contributed by atoms with van der Waals surface area (Å²) in [6, 6.07) is 2.17. The topological polar surface area (TPSA) is 24.5 Å². The van der Waals surface area contributed by atoms with Crippen LogP contribution in [0, 0.1) is 6.92 Å². The molecule has 1 N–H and O–H groups in total. The first-order valence-electron chi connectivity index (χ1n) is 5.79. The van der Waals surface area contributed by atoms with Crippen LogP contribution in [0.4, 0.5) is 0 Å². The van der Waals surface area contributed by atoms with Crippen molar-refractivity contribution in [2.75, 3.05) is 33.3 Å². The fourth-order valence-corrected chi connectivity index (χ4v) is 2.80. The SMILES string of the molecule is Cc1ccsc1CNC[C@H]1CN(C)CCO1. The molecule has 3 nitrogen and oxygen atoms in total. The van der Waals surface area contributed by atoms with Crippen molar-refractivity contribution in [2.24, 2.45) is 0 Å². The lowest BCUT2D eigenvalue weighted by molar-refractivity contribution is -0.0182. The standard InChI is InChI=1S/C12H20N2OS/c1-10-3-6-16-12(10)8-13-7-11-9-14(2)4-5-15-11/h3,6,11,13H,4-5,7-9H2,1-2H3/t11-/m0/s1. The van der Waals surface area contributed by atoms with Crippen LogP contribution in [0.25, 0.3) is 0 Å². The zero-order valence-corrected chi connectivity index (χ0v) is 10.8. The molecule has 0 unspecified atom stereocenters. The summed E-state index contributed by atoms with van der Waals surface area (Å²) >= 11 is 1.82. The number of ether oxygens (including phenoxy) is 1. The van der Waals surface area contributed by atoms with Crippen molar-refractivity contribution >= 4 is 11.3 Å². The van der Waals surface area contributed by atoms with Crippen molar-refractivity contribution in [2.45, 2.75) is 19.6 Å². The highest BCUT2D eigenvalue weighted by molar-refractivity contribution is 7.10. The summed E-state index contributed by atoms with van der Waals surface area (Å²) in [5.41, 5.74) is 1.39. The molecule has 0 amide bonds. The molecule has 1 saturated heterocycles. The van der Waals surface area contributed by atoms with Crippen molar-refractivity contribution in [3.05, 3.63) is 21.9 Å². The molecule has 16 heavy (non-hydrogen) atoms. The van der Waals surface area contributed by atoms with Gasteiger partial charge in [0.15, 0.2) is 0 Å². The highest BCUT2D eigenvalue weighted by atomic mass is 32.1. The first-order valence-corrected chi connectivity index (χ1v) is 6.67. The maximum Gasteiger partial charge on any atom is 0.0826 e. The van der Waals surface area contributed by atoms with Gasteiger partial charge in [-0.1, -0.05) is 0 Å². The Kier molecular flexibility index (Phi) is 4.35. The summed E-state index contributed by atoms with van der Waals surface area (Å²) in [6.07, 6.45) is 0.346. The molecular weight excluding hydrogens is 220 g/mol. The van der Waals surface area contributed by atoms with Crippen LogP contribution in [0.2, 0.25) is 0 Å². The molecule has 1 aliphatic rings. The van der Waals surface area contributed by atoms with Gasteiger partial charge in [-0.25, -0.2) is 0 Å². The molecule has 0 aromatic carbocycles. The van der Waals surface area contributed by atoms with E-state index in [1.807, 2.05) is 11.3 Å². The summed E-state index contributed by atoms with van der Waals surface area (Å²) in [4.78, 5) is 3.76. The normalized spacial score (nSPS) is 22.5. The number of morpholine rings is 1. The van der Waals surface area contributed by atoms with E-state index in [1.165, 1.54) is 10.4 Å². The molecule has 2 rings (SSSR count). The van der Waals surface area contributed by atoms with Crippen molar-refractivity contribution in [1.29, 1.82) is 0 Å². The summed E-state index contributed by atoms with van der Waals surface area (Å²) < 4.78 is 5.70. The molecule has 1 aliphatic heterocycles. The van der Waals surface area contributed by atoms with Gasteiger partial charge in [-0.15, -0.1) is 11.3 Å². The number of thiophene rings is 1. The number of aryl methyl sites for hydroxylation is 1. The van der Waals surface area contributed by atoms with Gasteiger partial charge in [0.25, 0.3) is 0 Å². The van der Waals surface area contributed by atoms with Crippen molar-refractivity contribution < 1.29 is 4.74 Å². The lowest BCUT2D eigenvalue weighted by atomic mass is 10.2. The van der Waals surface area contributed by atoms with Gasteiger partial charge in [0.2, 0.25) is 0 Å². The average Bonchev–Trinajstić information content (AvgIpc) is 2.65. The molecule has 1 fully saturated rings. The summed E-state index contributed by atoms with van der Waals surface area (Å²) in [7, 11) is 2.15. The van der Waals surface area contributed by atoms with E-state index in [2.05, 4.69) is 35.6 Å². The van der Waals surface area contributed by atoms with E-state index in [9.17, 15) is 0 Å². The van der Waals surface area contributed by atoms with Crippen molar-refractivity contribution in [1.82, 2.24) is 10.2 Å². The summed E-state index contributed by atoms with van der Waals surface area (Å²) in [6.45, 7) is 7.03. The van der Waals surface area contributed by atoms with Gasteiger partial charge >= 0.3 is 0 Å². The maximum atomic E-state index is 5.70. The minimum absolute atomic E-state index is 0.346. The number of rotatable bonds is 4. The molecule has 0 radical (unpaired) electrons. The minimum atomic E-state index is 0.346. The van der Waals surface area contributed by atoms with Crippen molar-refractivity contribution in [3.63, 3.8) is 0 Å². The Labute approximate surface area is 101 Å². The third-order valence-electron chi connectivity index (χ3n) is 2.97. The molecule has 1 atom stereocenters. The molecule has 0 aliphatic carbocycles. The van der Waals surface area contributed by atoms with Gasteiger partial charge < -0.3 is 15.0 Å². The van der Waals surface area contributed by atoms with E-state index in [-0.39, 0.29) is 0 Å². The van der Waals surface area contributed by atoms with Gasteiger partial charge in [0.1, 0.15) is 0 Å². The lowest BCUT2D eigenvalue weighted by Crippen LogP contribution is -2.44. The molecule has 1 aromatic rings. The Morgan fingerprint density at radius 2 is 2.50 bits per heavy atom. The van der Waals surface area contributed by atoms with Crippen LogP contribution in [0.5, 0.6) is 0 Å². The van der Waals surface area contributed by atoms with Crippen LogP contribution in [0.15, 0.2) is 11.4 Å². The van der Waals surface area contributed by atoms with Crippen LogP contribution >= 0.6 is 11.3 Å². The summed E-state index contributed by atoms with van der Waals surface area (Å²) in [5.74, 6) is 0. The number of nitrogens with one attached hydrogen (secondary N) is 1. The molecule has 0 bridgehead atoms. The van der Waals surface area contributed by atoms with E-state index < -0.39 is 0 Å². The Hall–Kier alpha value is -0.420. The van der Waals surface area contributed by atoms with Crippen molar-refractivity contribution in [3.8, 4) is 0 Å². The van der Waals surface area contributed by atoms with Crippen LogP contribution in [-0.4, -0.2) is 44.3 Å². The predicted octanol–water partition coefficient (Wildman–Crippen LogP) is 1.48. The van der Waals surface area contributed by atoms with Gasteiger partial charge in [0, 0.05) is 31.1 Å². The van der Waals surface area contributed by atoms with Gasteiger partial charge in [0.05, 0.1) is 12.7 Å². The van der Waals surface area contributed by atoms with E-state index in [0.29, 0.717) is 6.10 Å². The zero-order valence-electron chi connectivity index (χ0n) is 10.0. The highest BCUT2D eigenvalue weighted by Gasteiger charge is 2.16. The molecule has 2 heterocycles. The Bertz CT molecular complexity index is 327. The highest BCUT2D eigenvalue weighted by Crippen LogP contribution is 2.14. The first kappa shape index (κ1) is 12.0. The van der Waals surface area contributed by atoms with E-state index >= 15 is 0 Å². The molecule has 1 aromatic heterocycles. The van der Waals surface area contributed by atoms with Gasteiger partial charge in [-0.3, -0.25) is 0 Å². The second-order valence-corrected chi connectivity index (χ2v) is 5.41. The third kappa shape index (κ3) is 3.28. The third-order valence-corrected chi connectivity index (χ3v) is 3.99. The molecule has 0 spiro atoms. The lowest BCUT2D eigenvalue weighted by Gasteiger charge is -2.30. The average molecular weight is 240 g/mol. The zero-order chi connectivity index (χ0) is 11.4. The molecule has 90 valence electrons. The number of likely N-dealkylation sites (N-methyl/N-ethyl adjacent to an activating group) is 1. The van der Waals surface area contributed by atoms with Gasteiger partial charge in [-0.2, -0.15) is 0 Å². The predicted molar refractivity (Wildman–Crippen MR) is 68.0 cm³/mol. The first-order chi connectivity index (χ1) is 7.75. The second-order valence-electron chi connectivity index (χ2n) is 4.41. The van der Waals surface area contributed by atoms with Crippen LogP contribution in [-0.2, 0) is 11.3 Å². The van der Waals surface area contributed by atoms with E-state index in [0.717, 1.165) is 32.8 Å². The number of hydrogen-bond donors (Lipinski definition) is 1. The Balaban J connectivity index is 1.70. The van der Waals surface area contributed by atoms with E-state index in [4.69, 9.17) is 4.74 Å². The molecule has 4 heteroatoms. The van der Waals surface area contributed by atoms with E-state index in [1.54, 1.807) is 0 Å². The fraction of sp³-hybridized carbons (Fsp3) is 0.667. The largest absolute Gasteiger partial charge is 0.374 e. The Morgan fingerprint density at radius 1 is 1.62 bits per heavy atom. The number of nitrogens with zero attached hydrogens (tertiary/aromatic N) is 1. The smallest absolute Gasteiger partial charge is 0.0826 e. The van der Waals surface area contributed by atoms with Crippen LogP contribution < -0.4 is 5.32 Å². The van der Waals surface area contributed by atoms with Gasteiger partial charge in [-0.05, 0) is 31.0 Å². The Morgan fingerprint density at radius 3 is 3.19 bits per heavy atom. The monoisotopic (exact) mass is 240 g/mol. The quantitative estimate of drug-likeness (QED) is 0.862. The van der Waals surface area contributed by atoms with Crippen LogP contribution in [0.1, 0.15) is 10.4 Å². The molecular formula is C12H20N2OS. The number of hydrogen-bond acceptors (Lipinski definition) is 4. The summed E-state index contributed by atoms with van der Waals surface area (Å²) in [5, 5.41) is 5.63. The fourth-order valence-electron chi connectivity index (χ4n) is 1.92.